The molecular formula is C22H42N8O6. The van der Waals surface area contributed by atoms with Crippen LogP contribution in [0.15, 0.2) is 4.99 Å². The van der Waals surface area contributed by atoms with Crippen molar-refractivity contribution in [3.05, 3.63) is 0 Å². The molecule has 0 aliphatic carbocycles. The summed E-state index contributed by atoms with van der Waals surface area (Å²) < 4.78 is 0. The molecule has 206 valence electrons. The largest absolute Gasteiger partial charge is 0.480 e. The van der Waals surface area contributed by atoms with Gasteiger partial charge in [-0.15, -0.1) is 0 Å². The zero-order chi connectivity index (χ0) is 28.0. The topological polar surface area (TPSA) is 258 Å². The lowest BCUT2D eigenvalue weighted by Gasteiger charge is -2.26. The van der Waals surface area contributed by atoms with Gasteiger partial charge in [0.2, 0.25) is 23.6 Å². The van der Waals surface area contributed by atoms with Crippen molar-refractivity contribution in [2.45, 2.75) is 84.0 Å². The number of guanidine groups is 1. The molecule has 4 atom stereocenters. The first kappa shape index (κ1) is 32.6. The molecule has 0 aromatic heterocycles. The molecule has 12 N–H and O–H groups in total. The second-order valence-electron chi connectivity index (χ2n) is 9.51. The molecule has 4 unspecified atom stereocenters. The van der Waals surface area contributed by atoms with Gasteiger partial charge in [0.25, 0.3) is 0 Å². The summed E-state index contributed by atoms with van der Waals surface area (Å²) in [6.07, 6.45) is 0.465. The summed E-state index contributed by atoms with van der Waals surface area (Å²) in [5.74, 6) is -4.40. The Morgan fingerprint density at radius 2 is 1.25 bits per heavy atom. The highest BCUT2D eigenvalue weighted by Gasteiger charge is 2.31. The van der Waals surface area contributed by atoms with Gasteiger partial charge < -0.3 is 44.0 Å². The summed E-state index contributed by atoms with van der Waals surface area (Å²) in [6, 6.07) is -4.63. The van der Waals surface area contributed by atoms with Gasteiger partial charge in [0, 0.05) is 6.54 Å². The third-order valence-corrected chi connectivity index (χ3v) is 5.00. The summed E-state index contributed by atoms with van der Waals surface area (Å²) in [7, 11) is 0. The Morgan fingerprint density at radius 1 is 0.778 bits per heavy atom. The lowest BCUT2D eigenvalue weighted by Crippen LogP contribution is -2.58. The van der Waals surface area contributed by atoms with Crippen LogP contribution in [0.1, 0.15) is 59.8 Å². The number of carboxylic acids is 1. The molecule has 4 amide bonds. The van der Waals surface area contributed by atoms with Crippen molar-refractivity contribution in [1.29, 1.82) is 0 Å². The number of nitrogens with zero attached hydrogens (tertiary/aromatic N) is 1. The van der Waals surface area contributed by atoms with Crippen molar-refractivity contribution in [2.75, 3.05) is 6.54 Å². The van der Waals surface area contributed by atoms with E-state index in [1.807, 2.05) is 27.7 Å². The summed E-state index contributed by atoms with van der Waals surface area (Å²) in [6.45, 7) is 7.53. The number of aliphatic imine (C=N–C) groups is 1. The lowest BCUT2D eigenvalue weighted by atomic mass is 10.00. The number of aliphatic carboxylic acids is 1. The van der Waals surface area contributed by atoms with Gasteiger partial charge in [-0.3, -0.25) is 24.2 Å². The van der Waals surface area contributed by atoms with E-state index in [4.69, 9.17) is 22.9 Å². The van der Waals surface area contributed by atoms with Crippen LogP contribution in [-0.2, 0) is 24.0 Å². The van der Waals surface area contributed by atoms with Gasteiger partial charge in [0.15, 0.2) is 5.96 Å². The second kappa shape index (κ2) is 16.3. The molecule has 0 radical (unpaired) electrons. The molecule has 0 saturated carbocycles. The quantitative estimate of drug-likeness (QED) is 0.0598. The SMILES string of the molecule is CC(C)CC(NC(=O)C(CC(C)C)NC(=O)C(CC(N)=O)NC(=O)C(N)CCCN=C(N)N)C(=O)O. The fraction of sp³-hybridized carbons (Fsp3) is 0.727. The Balaban J connectivity index is 5.43. The monoisotopic (exact) mass is 514 g/mol. The molecule has 0 heterocycles. The van der Waals surface area contributed by atoms with Crippen LogP contribution < -0.4 is 38.9 Å². The Morgan fingerprint density at radius 3 is 1.72 bits per heavy atom. The number of nitrogens with two attached hydrogens (primary N) is 4. The first-order valence-electron chi connectivity index (χ1n) is 11.9. The first-order chi connectivity index (χ1) is 16.6. The highest BCUT2D eigenvalue weighted by molar-refractivity contribution is 5.96. The standard InChI is InChI=1S/C22H42N8O6/c1-11(2)8-14(19(33)30-16(21(35)36)9-12(3)4)29-20(34)15(10-17(24)31)28-18(32)13(23)6-5-7-27-22(25)26/h11-16H,5-10,23H2,1-4H3,(H2,24,31)(H,28,32)(H,29,34)(H,30,33)(H,35,36)(H4,25,26,27). The van der Waals surface area contributed by atoms with Crippen LogP contribution in [0, 0.1) is 11.8 Å². The van der Waals surface area contributed by atoms with E-state index in [1.165, 1.54) is 0 Å². The van der Waals surface area contributed by atoms with Crippen molar-refractivity contribution >= 4 is 35.6 Å². The van der Waals surface area contributed by atoms with Gasteiger partial charge in [-0.25, -0.2) is 4.79 Å². The minimum absolute atomic E-state index is 0.00312. The predicted octanol–water partition coefficient (Wildman–Crippen LogP) is -2.13. The first-order valence-corrected chi connectivity index (χ1v) is 11.9. The third-order valence-electron chi connectivity index (χ3n) is 5.00. The highest BCUT2D eigenvalue weighted by atomic mass is 16.4. The molecule has 0 spiro atoms. The Hall–Kier alpha value is -3.42. The van der Waals surface area contributed by atoms with Crippen LogP contribution in [0.25, 0.3) is 0 Å². The van der Waals surface area contributed by atoms with Gasteiger partial charge in [-0.1, -0.05) is 27.7 Å². The van der Waals surface area contributed by atoms with E-state index in [1.54, 1.807) is 0 Å². The van der Waals surface area contributed by atoms with E-state index in [-0.39, 0.29) is 43.6 Å². The van der Waals surface area contributed by atoms with Crippen molar-refractivity contribution in [3.8, 4) is 0 Å². The summed E-state index contributed by atoms with van der Waals surface area (Å²) in [5, 5.41) is 16.8. The zero-order valence-corrected chi connectivity index (χ0v) is 21.5. The number of primary amides is 1. The van der Waals surface area contributed by atoms with Gasteiger partial charge in [-0.2, -0.15) is 0 Å². The maximum Gasteiger partial charge on any atom is 0.326 e. The zero-order valence-electron chi connectivity index (χ0n) is 21.5. The van der Waals surface area contributed by atoms with Gasteiger partial charge in [-0.05, 0) is 37.5 Å². The van der Waals surface area contributed by atoms with Gasteiger partial charge in [0.1, 0.15) is 18.1 Å². The second-order valence-corrected chi connectivity index (χ2v) is 9.51. The number of rotatable bonds is 17. The predicted molar refractivity (Wildman–Crippen MR) is 134 cm³/mol. The maximum absolute atomic E-state index is 12.9. The molecule has 14 nitrogen and oxygen atoms in total. The highest BCUT2D eigenvalue weighted by Crippen LogP contribution is 2.10. The number of amides is 4. The molecule has 0 saturated heterocycles. The van der Waals surface area contributed by atoms with Crippen LogP contribution >= 0.6 is 0 Å². The van der Waals surface area contributed by atoms with Crippen molar-refractivity contribution in [3.63, 3.8) is 0 Å². The average Bonchev–Trinajstić information content (AvgIpc) is 2.73. The van der Waals surface area contributed by atoms with E-state index in [0.717, 1.165) is 0 Å². The van der Waals surface area contributed by atoms with E-state index in [9.17, 15) is 29.1 Å². The average molecular weight is 515 g/mol. The number of hydrogen-bond acceptors (Lipinski definition) is 7. The van der Waals surface area contributed by atoms with Crippen molar-refractivity contribution < 1.29 is 29.1 Å². The molecule has 0 bridgehead atoms. The number of nitrogens with one attached hydrogen (secondary N) is 3. The fourth-order valence-electron chi connectivity index (χ4n) is 3.28. The van der Waals surface area contributed by atoms with Crippen LogP contribution in [0.4, 0.5) is 0 Å². The van der Waals surface area contributed by atoms with Gasteiger partial charge in [0.05, 0.1) is 12.5 Å². The molecule has 0 aromatic carbocycles. The molecule has 36 heavy (non-hydrogen) atoms. The maximum atomic E-state index is 12.9. The summed E-state index contributed by atoms with van der Waals surface area (Å²) >= 11 is 0. The van der Waals surface area contributed by atoms with E-state index >= 15 is 0 Å². The minimum atomic E-state index is -1.38. The van der Waals surface area contributed by atoms with E-state index in [2.05, 4.69) is 20.9 Å². The third kappa shape index (κ3) is 14.1. The number of carbonyl (C=O) groups excluding carboxylic acids is 4. The molecule has 0 aliphatic rings. The molecular weight excluding hydrogens is 472 g/mol. The lowest BCUT2D eigenvalue weighted by molar-refractivity contribution is -0.143. The summed E-state index contributed by atoms with van der Waals surface area (Å²) in [4.78, 5) is 65.2. The minimum Gasteiger partial charge on any atom is -0.480 e. The van der Waals surface area contributed by atoms with Crippen LogP contribution in [0.2, 0.25) is 0 Å². The Kier molecular flexibility index (Phi) is 14.7. The fourth-order valence-corrected chi connectivity index (χ4v) is 3.28. The van der Waals surface area contributed by atoms with Crippen LogP contribution in [0.3, 0.4) is 0 Å². The van der Waals surface area contributed by atoms with Crippen molar-refractivity contribution in [1.82, 2.24) is 16.0 Å². The molecule has 0 rings (SSSR count). The Bertz CT molecular complexity index is 797. The smallest absolute Gasteiger partial charge is 0.326 e. The molecule has 0 fully saturated rings. The normalized spacial score (nSPS) is 14.3. The molecule has 14 heteroatoms. The number of hydrogen-bond donors (Lipinski definition) is 8. The molecule has 0 aliphatic heterocycles. The Labute approximate surface area is 211 Å². The van der Waals surface area contributed by atoms with Crippen molar-refractivity contribution in [2.24, 2.45) is 39.8 Å². The molecule has 0 aromatic rings. The van der Waals surface area contributed by atoms with E-state index < -0.39 is 60.2 Å². The van der Waals surface area contributed by atoms with Crippen LogP contribution in [0.5, 0.6) is 0 Å². The van der Waals surface area contributed by atoms with Crippen LogP contribution in [-0.4, -0.2) is 71.4 Å². The van der Waals surface area contributed by atoms with E-state index in [0.29, 0.717) is 6.42 Å². The number of carboxylic acid groups (broad SMARTS) is 1. The number of carbonyl (C=O) groups is 5. The summed E-state index contributed by atoms with van der Waals surface area (Å²) in [5.41, 5.74) is 21.6. The van der Waals surface area contributed by atoms with Gasteiger partial charge >= 0.3 is 5.97 Å².